The standard InChI is InChI=1S/C14H11Cl2N3O2S/c1-20-13-14(21-2)19-9(6-18-13)7-22-12-10(15)3-8(5-17)4-11(12)16/h3-4,6H,7H2,1-2H3. The minimum Gasteiger partial charge on any atom is -0.477 e. The molecule has 0 aliphatic carbocycles. The van der Waals surface area contributed by atoms with Crippen molar-refractivity contribution in [3.63, 3.8) is 0 Å². The summed E-state index contributed by atoms with van der Waals surface area (Å²) in [4.78, 5) is 9.11. The molecule has 0 amide bonds. The second kappa shape index (κ2) is 7.54. The number of halogens is 2. The molecule has 0 radical (unpaired) electrons. The highest BCUT2D eigenvalue weighted by Crippen LogP contribution is 2.37. The summed E-state index contributed by atoms with van der Waals surface area (Å²) in [5.41, 5.74) is 1.12. The lowest BCUT2D eigenvalue weighted by Gasteiger charge is -2.09. The molecule has 0 atom stereocenters. The Bertz CT molecular complexity index is 712. The van der Waals surface area contributed by atoms with Gasteiger partial charge >= 0.3 is 0 Å². The molecule has 0 bridgehead atoms. The summed E-state index contributed by atoms with van der Waals surface area (Å²) in [6.07, 6.45) is 1.60. The van der Waals surface area contributed by atoms with Crippen LogP contribution in [-0.4, -0.2) is 24.2 Å². The van der Waals surface area contributed by atoms with E-state index in [1.165, 1.54) is 26.0 Å². The van der Waals surface area contributed by atoms with Crippen molar-refractivity contribution in [1.29, 1.82) is 5.26 Å². The van der Waals surface area contributed by atoms with Crippen LogP contribution in [0.5, 0.6) is 11.8 Å². The SMILES string of the molecule is COc1ncc(CSc2c(Cl)cc(C#N)cc2Cl)nc1OC. The summed E-state index contributed by atoms with van der Waals surface area (Å²) in [6.45, 7) is 0. The van der Waals surface area contributed by atoms with E-state index in [0.717, 1.165) is 0 Å². The quantitative estimate of drug-likeness (QED) is 0.756. The van der Waals surface area contributed by atoms with E-state index in [2.05, 4.69) is 9.97 Å². The van der Waals surface area contributed by atoms with Crippen molar-refractivity contribution in [3.8, 4) is 17.8 Å². The Hall–Kier alpha value is -1.68. The van der Waals surface area contributed by atoms with E-state index in [4.69, 9.17) is 37.9 Å². The maximum Gasteiger partial charge on any atom is 0.278 e. The van der Waals surface area contributed by atoms with Gasteiger partial charge in [-0.05, 0) is 12.1 Å². The zero-order chi connectivity index (χ0) is 16.1. The highest BCUT2D eigenvalue weighted by atomic mass is 35.5. The van der Waals surface area contributed by atoms with E-state index < -0.39 is 0 Å². The fourth-order valence-corrected chi connectivity index (χ4v) is 3.29. The normalized spacial score (nSPS) is 10.1. The lowest BCUT2D eigenvalue weighted by molar-refractivity contribution is 0.330. The van der Waals surface area contributed by atoms with Crippen LogP contribution in [0.15, 0.2) is 23.2 Å². The van der Waals surface area contributed by atoms with Gasteiger partial charge in [-0.1, -0.05) is 23.2 Å². The van der Waals surface area contributed by atoms with E-state index in [-0.39, 0.29) is 0 Å². The molecule has 114 valence electrons. The van der Waals surface area contributed by atoms with Crippen LogP contribution in [0.1, 0.15) is 11.3 Å². The number of nitriles is 1. The van der Waals surface area contributed by atoms with Gasteiger partial charge in [0.2, 0.25) is 0 Å². The molecule has 0 N–H and O–H groups in total. The number of ether oxygens (including phenoxy) is 2. The molecule has 0 saturated carbocycles. The smallest absolute Gasteiger partial charge is 0.278 e. The Labute approximate surface area is 142 Å². The first kappa shape index (κ1) is 16.7. The third-order valence-electron chi connectivity index (χ3n) is 2.64. The van der Waals surface area contributed by atoms with E-state index in [9.17, 15) is 0 Å². The van der Waals surface area contributed by atoms with Crippen LogP contribution in [0.4, 0.5) is 0 Å². The molecular formula is C14H11Cl2N3O2S. The van der Waals surface area contributed by atoms with Gasteiger partial charge in [-0.15, -0.1) is 11.8 Å². The zero-order valence-corrected chi connectivity index (χ0v) is 14.1. The van der Waals surface area contributed by atoms with Gasteiger partial charge in [0.1, 0.15) is 0 Å². The summed E-state index contributed by atoms with van der Waals surface area (Å²) >= 11 is 13.7. The van der Waals surface area contributed by atoms with Crippen LogP contribution in [0.2, 0.25) is 10.0 Å². The van der Waals surface area contributed by atoms with Gasteiger partial charge < -0.3 is 9.47 Å². The molecule has 0 unspecified atom stereocenters. The number of aromatic nitrogens is 2. The minimum atomic E-state index is 0.317. The molecule has 5 nitrogen and oxygen atoms in total. The Morgan fingerprint density at radius 1 is 1.18 bits per heavy atom. The third-order valence-corrected chi connectivity index (χ3v) is 4.63. The molecule has 0 spiro atoms. The van der Waals surface area contributed by atoms with Crippen molar-refractivity contribution in [2.45, 2.75) is 10.6 Å². The van der Waals surface area contributed by atoms with Crippen molar-refractivity contribution in [2.24, 2.45) is 0 Å². The zero-order valence-electron chi connectivity index (χ0n) is 11.8. The molecule has 2 rings (SSSR count). The average molecular weight is 356 g/mol. The van der Waals surface area contributed by atoms with Gasteiger partial charge in [0.15, 0.2) is 0 Å². The molecule has 0 saturated heterocycles. The van der Waals surface area contributed by atoms with Crippen molar-refractivity contribution < 1.29 is 9.47 Å². The molecule has 2 aromatic rings. The van der Waals surface area contributed by atoms with E-state index in [1.807, 2.05) is 6.07 Å². The molecule has 1 aromatic heterocycles. The first-order valence-electron chi connectivity index (χ1n) is 6.05. The van der Waals surface area contributed by atoms with Gasteiger partial charge in [-0.25, -0.2) is 9.97 Å². The van der Waals surface area contributed by atoms with Gasteiger partial charge in [0.25, 0.3) is 11.8 Å². The van der Waals surface area contributed by atoms with Crippen molar-refractivity contribution in [2.75, 3.05) is 14.2 Å². The number of methoxy groups -OCH3 is 2. The van der Waals surface area contributed by atoms with Crippen molar-refractivity contribution >= 4 is 35.0 Å². The van der Waals surface area contributed by atoms with E-state index >= 15 is 0 Å². The monoisotopic (exact) mass is 355 g/mol. The summed E-state index contributed by atoms with van der Waals surface area (Å²) in [7, 11) is 3.00. The predicted molar refractivity (Wildman–Crippen MR) is 85.9 cm³/mol. The molecule has 0 aliphatic rings. The Balaban J connectivity index is 2.19. The first-order chi connectivity index (χ1) is 10.6. The third kappa shape index (κ3) is 3.74. The Kier molecular flexibility index (Phi) is 5.72. The fraction of sp³-hybridized carbons (Fsp3) is 0.214. The van der Waals surface area contributed by atoms with Crippen LogP contribution in [0.25, 0.3) is 0 Å². The lowest BCUT2D eigenvalue weighted by atomic mass is 10.2. The Morgan fingerprint density at radius 3 is 2.36 bits per heavy atom. The maximum atomic E-state index is 8.87. The number of nitrogens with zero attached hydrogens (tertiary/aromatic N) is 3. The molecule has 8 heteroatoms. The van der Waals surface area contributed by atoms with Crippen LogP contribution < -0.4 is 9.47 Å². The van der Waals surface area contributed by atoms with Crippen LogP contribution in [0, 0.1) is 11.3 Å². The largest absolute Gasteiger partial charge is 0.477 e. The van der Waals surface area contributed by atoms with Crippen molar-refractivity contribution in [1.82, 2.24) is 9.97 Å². The van der Waals surface area contributed by atoms with Gasteiger partial charge in [-0.3, -0.25) is 0 Å². The lowest BCUT2D eigenvalue weighted by Crippen LogP contribution is -1.99. The molecular weight excluding hydrogens is 345 g/mol. The van der Waals surface area contributed by atoms with Crippen LogP contribution >= 0.6 is 35.0 Å². The number of hydrogen-bond acceptors (Lipinski definition) is 6. The van der Waals surface area contributed by atoms with E-state index in [0.29, 0.717) is 43.7 Å². The number of rotatable bonds is 5. The number of hydrogen-bond donors (Lipinski definition) is 0. The predicted octanol–water partition coefficient (Wildman–Crippen LogP) is 3.96. The number of benzene rings is 1. The maximum absolute atomic E-state index is 8.87. The minimum absolute atomic E-state index is 0.317. The van der Waals surface area contributed by atoms with Crippen LogP contribution in [0.3, 0.4) is 0 Å². The highest BCUT2D eigenvalue weighted by molar-refractivity contribution is 7.98. The van der Waals surface area contributed by atoms with Gasteiger partial charge in [-0.2, -0.15) is 5.26 Å². The molecule has 1 aromatic carbocycles. The van der Waals surface area contributed by atoms with Gasteiger partial charge in [0.05, 0.1) is 47.8 Å². The van der Waals surface area contributed by atoms with Crippen LogP contribution in [-0.2, 0) is 5.75 Å². The van der Waals surface area contributed by atoms with Gasteiger partial charge in [0, 0.05) is 10.6 Å². The number of thioether (sulfide) groups is 1. The molecule has 0 aliphatic heterocycles. The topological polar surface area (TPSA) is 68.0 Å². The fourth-order valence-electron chi connectivity index (χ4n) is 1.65. The molecule has 1 heterocycles. The summed E-state index contributed by atoms with van der Waals surface area (Å²) in [6, 6.07) is 5.17. The van der Waals surface area contributed by atoms with E-state index in [1.54, 1.807) is 18.3 Å². The average Bonchev–Trinajstić information content (AvgIpc) is 2.53. The Morgan fingerprint density at radius 2 is 1.82 bits per heavy atom. The van der Waals surface area contributed by atoms with Crippen molar-refractivity contribution in [3.05, 3.63) is 39.6 Å². The summed E-state index contributed by atoms with van der Waals surface area (Å²) < 4.78 is 10.2. The summed E-state index contributed by atoms with van der Waals surface area (Å²) in [5.74, 6) is 1.14. The highest BCUT2D eigenvalue weighted by Gasteiger charge is 2.12. The summed E-state index contributed by atoms with van der Waals surface area (Å²) in [5, 5.41) is 9.74. The second-order valence-electron chi connectivity index (χ2n) is 4.05. The first-order valence-corrected chi connectivity index (χ1v) is 7.79. The second-order valence-corrected chi connectivity index (χ2v) is 5.85. The molecule has 22 heavy (non-hydrogen) atoms. The molecule has 0 fully saturated rings.